The number of hydrogen-bond donors (Lipinski definition) is 2. The first-order chi connectivity index (χ1) is 11.3. The van der Waals surface area contributed by atoms with E-state index in [0.717, 1.165) is 25.8 Å². The lowest BCUT2D eigenvalue weighted by molar-refractivity contribution is -0.303. The van der Waals surface area contributed by atoms with Gasteiger partial charge in [-0.15, -0.1) is 0 Å². The summed E-state index contributed by atoms with van der Waals surface area (Å²) in [5.41, 5.74) is 2.10. The van der Waals surface area contributed by atoms with Crippen molar-refractivity contribution in [2.45, 2.75) is 62.4 Å². The molecule has 4 atom stereocenters. The molecule has 5 rings (SSSR count). The Morgan fingerprint density at radius 2 is 1.96 bits per heavy atom. The predicted molar refractivity (Wildman–Crippen MR) is 86.7 cm³/mol. The quantitative estimate of drug-likeness (QED) is 0.876. The van der Waals surface area contributed by atoms with Crippen LogP contribution in [0.25, 0.3) is 0 Å². The molecule has 4 aliphatic heterocycles. The highest BCUT2D eigenvalue weighted by molar-refractivity contribution is 5.80. The Bertz CT molecular complexity index is 633. The van der Waals surface area contributed by atoms with Gasteiger partial charge < -0.3 is 5.32 Å². The third-order valence-electron chi connectivity index (χ3n) is 5.98. The van der Waals surface area contributed by atoms with Crippen LogP contribution in [-0.2, 0) is 15.2 Å². The van der Waals surface area contributed by atoms with Gasteiger partial charge in [0.1, 0.15) is 11.9 Å². The summed E-state index contributed by atoms with van der Waals surface area (Å²) in [7, 11) is 0. The summed E-state index contributed by atoms with van der Waals surface area (Å²) in [5.74, 6) is 0.406. The number of hydroxylamine groups is 2. The van der Waals surface area contributed by atoms with Gasteiger partial charge in [0.2, 0.25) is 0 Å². The first-order valence-corrected chi connectivity index (χ1v) is 8.85. The fourth-order valence-corrected chi connectivity index (χ4v) is 4.92. The molecule has 3 fully saturated rings. The summed E-state index contributed by atoms with van der Waals surface area (Å²) in [6, 6.07) is 8.99. The average Bonchev–Trinajstić information content (AvgIpc) is 3.04. The standard InChI is InChI=1S/C18H23N3O2/c22-14-10-12-4-3-5-13(11-14)21(12)23-18-8-9-19-17(18)20-16-7-2-1-6-15(16)18/h1-2,6-7,12-13,17,19-20H,3-5,8-11H2. The molecule has 2 bridgehead atoms. The number of piperidine rings is 2. The molecule has 0 spiro atoms. The molecule has 2 N–H and O–H groups in total. The minimum absolute atomic E-state index is 0.123. The van der Waals surface area contributed by atoms with E-state index in [4.69, 9.17) is 4.84 Å². The number of ketones is 1. The van der Waals surface area contributed by atoms with Crippen molar-refractivity contribution in [3.8, 4) is 0 Å². The van der Waals surface area contributed by atoms with Crippen molar-refractivity contribution < 1.29 is 9.63 Å². The zero-order chi connectivity index (χ0) is 15.4. The van der Waals surface area contributed by atoms with Crippen molar-refractivity contribution in [2.75, 3.05) is 11.9 Å². The molecule has 122 valence electrons. The van der Waals surface area contributed by atoms with E-state index in [1.54, 1.807) is 0 Å². The molecule has 5 heteroatoms. The molecular formula is C18H23N3O2. The molecule has 4 unspecified atom stereocenters. The lowest BCUT2D eigenvalue weighted by atomic mass is 9.85. The summed E-state index contributed by atoms with van der Waals surface area (Å²) >= 11 is 0. The molecule has 5 nitrogen and oxygen atoms in total. The molecule has 0 radical (unpaired) electrons. The number of hydrogen-bond acceptors (Lipinski definition) is 5. The van der Waals surface area contributed by atoms with Crippen molar-refractivity contribution in [3.05, 3.63) is 29.8 Å². The van der Waals surface area contributed by atoms with E-state index in [2.05, 4.69) is 40.0 Å². The number of para-hydroxylation sites is 1. The zero-order valence-corrected chi connectivity index (χ0v) is 13.3. The Labute approximate surface area is 136 Å². The number of benzene rings is 1. The van der Waals surface area contributed by atoms with Gasteiger partial charge in [-0.2, -0.15) is 5.06 Å². The summed E-state index contributed by atoms with van der Waals surface area (Å²) in [5, 5.41) is 9.32. The van der Waals surface area contributed by atoms with Gasteiger partial charge in [-0.25, -0.2) is 0 Å². The van der Waals surface area contributed by atoms with E-state index in [0.29, 0.717) is 18.6 Å². The van der Waals surface area contributed by atoms with Crippen molar-refractivity contribution in [1.29, 1.82) is 0 Å². The van der Waals surface area contributed by atoms with Crippen LogP contribution in [-0.4, -0.2) is 35.6 Å². The van der Waals surface area contributed by atoms with Gasteiger partial charge in [-0.3, -0.25) is 14.9 Å². The largest absolute Gasteiger partial charge is 0.367 e. The molecule has 0 aromatic heterocycles. The Kier molecular flexibility index (Phi) is 3.05. The minimum atomic E-state index is -0.329. The van der Waals surface area contributed by atoms with E-state index in [1.807, 2.05) is 0 Å². The van der Waals surface area contributed by atoms with Crippen LogP contribution in [0, 0.1) is 0 Å². The van der Waals surface area contributed by atoms with Gasteiger partial charge in [0, 0.05) is 42.7 Å². The number of fused-ring (bicyclic) bond motifs is 5. The second-order valence-corrected chi connectivity index (χ2v) is 7.35. The SMILES string of the molecule is O=C1CC2CCCC(C1)N2OC12CCNC1Nc1ccccc12. The summed E-state index contributed by atoms with van der Waals surface area (Å²) in [6.07, 6.45) is 5.76. The molecule has 1 aromatic rings. The topological polar surface area (TPSA) is 53.6 Å². The van der Waals surface area contributed by atoms with Crippen LogP contribution in [0.4, 0.5) is 5.69 Å². The lowest BCUT2D eigenvalue weighted by Gasteiger charge is -2.48. The van der Waals surface area contributed by atoms with Gasteiger partial charge in [0.05, 0.1) is 0 Å². The lowest BCUT2D eigenvalue weighted by Crippen LogP contribution is -2.57. The Balaban J connectivity index is 1.50. The third kappa shape index (κ3) is 2.00. The van der Waals surface area contributed by atoms with Gasteiger partial charge >= 0.3 is 0 Å². The number of nitrogens with one attached hydrogen (secondary N) is 2. The molecule has 0 aliphatic carbocycles. The van der Waals surface area contributed by atoms with E-state index in [9.17, 15) is 4.79 Å². The second-order valence-electron chi connectivity index (χ2n) is 7.35. The number of nitrogens with zero attached hydrogens (tertiary/aromatic N) is 1. The number of carbonyl (C=O) groups is 1. The van der Waals surface area contributed by atoms with Crippen molar-refractivity contribution in [3.63, 3.8) is 0 Å². The van der Waals surface area contributed by atoms with E-state index in [-0.39, 0.29) is 23.9 Å². The van der Waals surface area contributed by atoms with Crippen molar-refractivity contribution >= 4 is 11.5 Å². The highest BCUT2D eigenvalue weighted by atomic mass is 16.7. The molecule has 23 heavy (non-hydrogen) atoms. The maximum absolute atomic E-state index is 12.0. The number of carbonyl (C=O) groups excluding carboxylic acids is 1. The molecule has 1 aromatic carbocycles. The average molecular weight is 313 g/mol. The fraction of sp³-hybridized carbons (Fsp3) is 0.611. The first-order valence-electron chi connectivity index (χ1n) is 8.85. The number of anilines is 1. The molecule has 0 saturated carbocycles. The first kappa shape index (κ1) is 14.0. The van der Waals surface area contributed by atoms with Crippen LogP contribution in [0.3, 0.4) is 0 Å². The number of Topliss-reactive ketones (excluding diaryl/α,β-unsaturated/α-hetero) is 1. The van der Waals surface area contributed by atoms with Gasteiger partial charge in [0.15, 0.2) is 5.60 Å². The normalized spacial score (nSPS) is 39.0. The monoisotopic (exact) mass is 313 g/mol. The summed E-state index contributed by atoms with van der Waals surface area (Å²) < 4.78 is 0. The van der Waals surface area contributed by atoms with Gasteiger partial charge in [0.25, 0.3) is 0 Å². The van der Waals surface area contributed by atoms with E-state index >= 15 is 0 Å². The Morgan fingerprint density at radius 3 is 2.78 bits per heavy atom. The Morgan fingerprint density at radius 1 is 1.17 bits per heavy atom. The van der Waals surface area contributed by atoms with Crippen molar-refractivity contribution in [2.24, 2.45) is 0 Å². The summed E-state index contributed by atoms with van der Waals surface area (Å²) in [4.78, 5) is 18.7. The van der Waals surface area contributed by atoms with Crippen molar-refractivity contribution in [1.82, 2.24) is 10.4 Å². The maximum atomic E-state index is 12.0. The molecule has 0 amide bonds. The zero-order valence-electron chi connectivity index (χ0n) is 13.3. The minimum Gasteiger partial charge on any atom is -0.367 e. The second kappa shape index (κ2) is 5.03. The number of rotatable bonds is 2. The molecule has 4 heterocycles. The highest BCUT2D eigenvalue weighted by Gasteiger charge is 2.55. The molecular weight excluding hydrogens is 290 g/mol. The molecule has 3 saturated heterocycles. The van der Waals surface area contributed by atoms with Crippen LogP contribution in [0.1, 0.15) is 44.1 Å². The Hall–Kier alpha value is -1.43. The van der Waals surface area contributed by atoms with Crippen LogP contribution in [0.15, 0.2) is 24.3 Å². The van der Waals surface area contributed by atoms with Crippen LogP contribution < -0.4 is 10.6 Å². The van der Waals surface area contributed by atoms with Gasteiger partial charge in [-0.05, 0) is 25.3 Å². The third-order valence-corrected chi connectivity index (χ3v) is 5.98. The van der Waals surface area contributed by atoms with E-state index < -0.39 is 0 Å². The van der Waals surface area contributed by atoms with E-state index in [1.165, 1.54) is 17.7 Å². The maximum Gasteiger partial charge on any atom is 0.151 e. The van der Waals surface area contributed by atoms with Crippen LogP contribution in [0.2, 0.25) is 0 Å². The fourth-order valence-electron chi connectivity index (χ4n) is 4.92. The van der Waals surface area contributed by atoms with Crippen LogP contribution >= 0.6 is 0 Å². The highest BCUT2D eigenvalue weighted by Crippen LogP contribution is 2.48. The van der Waals surface area contributed by atoms with Gasteiger partial charge in [-0.1, -0.05) is 24.6 Å². The predicted octanol–water partition coefficient (Wildman–Crippen LogP) is 2.14. The smallest absolute Gasteiger partial charge is 0.151 e. The molecule has 4 aliphatic rings. The van der Waals surface area contributed by atoms with Crippen LogP contribution in [0.5, 0.6) is 0 Å². The summed E-state index contributed by atoms with van der Waals surface area (Å²) in [6.45, 7) is 0.952.